The molecule has 1 N–H and O–H groups in total. The number of rotatable bonds is 5. The molecule has 0 saturated heterocycles. The van der Waals surface area contributed by atoms with E-state index < -0.39 is 28.1 Å². The van der Waals surface area contributed by atoms with E-state index >= 15 is 0 Å². The van der Waals surface area contributed by atoms with Gasteiger partial charge in [-0.15, -0.1) is 0 Å². The number of carbonyl (C=O) groups excluding carboxylic acids is 1. The van der Waals surface area contributed by atoms with Crippen LogP contribution in [-0.4, -0.2) is 42.6 Å². The van der Waals surface area contributed by atoms with Gasteiger partial charge in [0.15, 0.2) is 6.04 Å². The molecule has 6 nitrogen and oxygen atoms in total. The van der Waals surface area contributed by atoms with Gasteiger partial charge in [0.2, 0.25) is 0 Å². The number of hydrogen-bond donors (Lipinski definition) is 1. The molecule has 2 aromatic rings. The third kappa shape index (κ3) is 3.68. The molecule has 28 heavy (non-hydrogen) atoms. The largest absolute Gasteiger partial charge is 0.464 e. The molecule has 0 radical (unpaired) electrons. The normalized spacial score (nSPS) is 19.8. The molecule has 0 amide bonds. The maximum absolute atomic E-state index is 13.5. The summed E-state index contributed by atoms with van der Waals surface area (Å²) in [6.07, 6.45) is -1.31. The summed E-state index contributed by atoms with van der Waals surface area (Å²) in [5.41, 5.74) is 1.79. The molecule has 2 atom stereocenters. The Morgan fingerprint density at radius 3 is 2.32 bits per heavy atom. The van der Waals surface area contributed by atoms with Crippen LogP contribution in [0.5, 0.6) is 0 Å². The number of nitrogens with zero attached hydrogens (tertiary/aromatic N) is 1. The minimum absolute atomic E-state index is 0.0409. The molecule has 2 aromatic carbocycles. The summed E-state index contributed by atoms with van der Waals surface area (Å²) < 4.78 is 33.5. The maximum Gasteiger partial charge on any atom is 0.333 e. The third-order valence-corrected chi connectivity index (χ3v) is 7.36. The number of ether oxygens (including phenoxy) is 1. The maximum atomic E-state index is 13.5. The van der Waals surface area contributed by atoms with E-state index in [1.807, 2.05) is 35.6 Å². The predicted octanol–water partition coefficient (Wildman–Crippen LogP) is 3.10. The average molecular weight is 513 g/mol. The lowest BCUT2D eigenvalue weighted by Crippen LogP contribution is -2.46. The highest BCUT2D eigenvalue weighted by Crippen LogP contribution is 2.43. The van der Waals surface area contributed by atoms with Gasteiger partial charge < -0.3 is 9.84 Å². The average Bonchev–Trinajstić information content (AvgIpc) is 2.95. The summed E-state index contributed by atoms with van der Waals surface area (Å²) in [6, 6.07) is 13.8. The first-order valence-electron chi connectivity index (χ1n) is 8.70. The highest BCUT2D eigenvalue weighted by molar-refractivity contribution is 14.1. The molecule has 148 valence electrons. The molecular weight excluding hydrogens is 493 g/mol. The topological polar surface area (TPSA) is 83.9 Å². The lowest BCUT2D eigenvalue weighted by Gasteiger charge is -2.28. The molecule has 0 bridgehead atoms. The van der Waals surface area contributed by atoms with Crippen molar-refractivity contribution in [1.82, 2.24) is 4.31 Å². The first-order valence-corrected chi connectivity index (χ1v) is 11.2. The molecule has 1 aliphatic rings. The summed E-state index contributed by atoms with van der Waals surface area (Å²) in [5, 5.41) is 10.7. The molecule has 0 aliphatic carbocycles. The number of aryl methyl sites for hydroxylation is 1. The van der Waals surface area contributed by atoms with Crippen LogP contribution in [0.2, 0.25) is 0 Å². The Morgan fingerprint density at radius 1 is 1.14 bits per heavy atom. The number of esters is 1. The fraction of sp³-hybridized carbons (Fsp3) is 0.250. The van der Waals surface area contributed by atoms with Crippen molar-refractivity contribution < 1.29 is 23.1 Å². The van der Waals surface area contributed by atoms with Gasteiger partial charge in [0.05, 0.1) is 17.2 Å². The summed E-state index contributed by atoms with van der Waals surface area (Å²) in [5.74, 6) is -0.786. The molecule has 0 fully saturated rings. The van der Waals surface area contributed by atoms with Crippen molar-refractivity contribution in [3.63, 3.8) is 0 Å². The number of carbonyl (C=O) groups is 1. The minimum Gasteiger partial charge on any atom is -0.464 e. The monoisotopic (exact) mass is 513 g/mol. The number of aliphatic hydroxyl groups is 1. The van der Waals surface area contributed by atoms with E-state index in [1.54, 1.807) is 43.3 Å². The smallest absolute Gasteiger partial charge is 0.333 e. The van der Waals surface area contributed by atoms with Gasteiger partial charge in [-0.2, -0.15) is 0 Å². The van der Waals surface area contributed by atoms with Gasteiger partial charge >= 0.3 is 5.97 Å². The fourth-order valence-corrected chi connectivity index (χ4v) is 5.79. The minimum atomic E-state index is -4.12. The third-order valence-electron chi connectivity index (χ3n) is 4.41. The van der Waals surface area contributed by atoms with E-state index in [4.69, 9.17) is 4.74 Å². The Labute approximate surface area is 178 Å². The number of hydrogen-bond acceptors (Lipinski definition) is 5. The van der Waals surface area contributed by atoms with Crippen molar-refractivity contribution in [2.45, 2.75) is 30.9 Å². The molecule has 1 heterocycles. The van der Waals surface area contributed by atoms with Crippen LogP contribution in [0.15, 0.2) is 63.1 Å². The van der Waals surface area contributed by atoms with Crippen LogP contribution >= 0.6 is 22.6 Å². The summed E-state index contributed by atoms with van der Waals surface area (Å²) >= 11 is 1.90. The predicted molar refractivity (Wildman–Crippen MR) is 114 cm³/mol. The van der Waals surface area contributed by atoms with Gasteiger partial charge in [-0.1, -0.05) is 48.0 Å². The quantitative estimate of drug-likeness (QED) is 0.491. The Hall–Kier alpha value is -1.91. The van der Waals surface area contributed by atoms with Crippen LogP contribution < -0.4 is 0 Å². The zero-order valence-electron chi connectivity index (χ0n) is 15.4. The van der Waals surface area contributed by atoms with Crippen LogP contribution in [0.3, 0.4) is 0 Å². The van der Waals surface area contributed by atoms with Crippen molar-refractivity contribution in [3.05, 3.63) is 69.3 Å². The number of halogens is 1. The Morgan fingerprint density at radius 2 is 1.75 bits per heavy atom. The SMILES string of the molecule is CCOC(=O)[C@@H]1[C@@H](O)C(I)=C(c2ccccc2)N1S(=O)(=O)c1ccc(C)cc1. The summed E-state index contributed by atoms with van der Waals surface area (Å²) in [4.78, 5) is 12.6. The van der Waals surface area contributed by atoms with E-state index in [0.717, 1.165) is 9.87 Å². The van der Waals surface area contributed by atoms with E-state index in [-0.39, 0.29) is 17.2 Å². The molecule has 8 heteroatoms. The second-order valence-electron chi connectivity index (χ2n) is 6.32. The van der Waals surface area contributed by atoms with Crippen LogP contribution in [0.25, 0.3) is 5.70 Å². The van der Waals surface area contributed by atoms with Crippen LogP contribution in [0.1, 0.15) is 18.1 Å². The first kappa shape index (κ1) is 20.8. The molecule has 0 unspecified atom stereocenters. The van der Waals surface area contributed by atoms with Gasteiger partial charge in [-0.25, -0.2) is 17.5 Å². The van der Waals surface area contributed by atoms with Crippen LogP contribution in [0, 0.1) is 6.92 Å². The van der Waals surface area contributed by atoms with E-state index in [9.17, 15) is 18.3 Å². The Bertz CT molecular complexity index is 1000. The van der Waals surface area contributed by atoms with Gasteiger partial charge in [0.1, 0.15) is 6.10 Å². The molecule has 0 saturated carbocycles. The highest BCUT2D eigenvalue weighted by Gasteiger charge is 2.50. The number of aliphatic hydroxyl groups excluding tert-OH is 1. The van der Waals surface area contributed by atoms with Crippen molar-refractivity contribution in [3.8, 4) is 0 Å². The van der Waals surface area contributed by atoms with Gasteiger partial charge in [-0.05, 0) is 54.1 Å². The van der Waals surface area contributed by atoms with Crippen molar-refractivity contribution in [1.29, 1.82) is 0 Å². The van der Waals surface area contributed by atoms with Crippen molar-refractivity contribution >= 4 is 44.3 Å². The molecule has 3 rings (SSSR count). The number of sulfonamides is 1. The molecule has 0 aromatic heterocycles. The van der Waals surface area contributed by atoms with E-state index in [1.165, 1.54) is 12.1 Å². The second-order valence-corrected chi connectivity index (χ2v) is 9.30. The zero-order valence-corrected chi connectivity index (χ0v) is 18.3. The van der Waals surface area contributed by atoms with Crippen molar-refractivity contribution in [2.75, 3.05) is 6.61 Å². The lowest BCUT2D eigenvalue weighted by atomic mass is 10.1. The van der Waals surface area contributed by atoms with Crippen LogP contribution in [-0.2, 0) is 19.6 Å². The van der Waals surface area contributed by atoms with Gasteiger partial charge in [0.25, 0.3) is 10.0 Å². The van der Waals surface area contributed by atoms with E-state index in [0.29, 0.717) is 9.14 Å². The van der Waals surface area contributed by atoms with Gasteiger partial charge in [0, 0.05) is 3.58 Å². The molecule has 1 aliphatic heterocycles. The standard InChI is InChI=1S/C20H20INO5S/c1-3-27-20(24)18-19(23)16(21)17(14-7-5-4-6-8-14)22(18)28(25,26)15-11-9-13(2)10-12-15/h4-12,18-19,23H,3H2,1-2H3/t18-,19-/m0/s1. The van der Waals surface area contributed by atoms with Crippen molar-refractivity contribution in [2.24, 2.45) is 0 Å². The lowest BCUT2D eigenvalue weighted by molar-refractivity contribution is -0.149. The Balaban J connectivity index is 2.20. The number of benzene rings is 2. The van der Waals surface area contributed by atoms with E-state index in [2.05, 4.69) is 0 Å². The molecule has 0 spiro atoms. The highest BCUT2D eigenvalue weighted by atomic mass is 127. The van der Waals surface area contributed by atoms with Gasteiger partial charge in [-0.3, -0.25) is 0 Å². The summed E-state index contributed by atoms with van der Waals surface area (Å²) in [6.45, 7) is 3.57. The Kier molecular flexibility index (Phi) is 6.11. The fourth-order valence-electron chi connectivity index (χ4n) is 3.06. The summed E-state index contributed by atoms with van der Waals surface area (Å²) in [7, 11) is -4.12. The van der Waals surface area contributed by atoms with Crippen LogP contribution in [0.4, 0.5) is 0 Å². The zero-order chi connectivity index (χ0) is 20.5. The second kappa shape index (κ2) is 8.22. The first-order chi connectivity index (χ1) is 13.3. The molecular formula is C20H20INO5S.